The fourth-order valence-corrected chi connectivity index (χ4v) is 4.45. The van der Waals surface area contributed by atoms with E-state index in [9.17, 15) is 18.0 Å². The molecule has 2 amide bonds. The van der Waals surface area contributed by atoms with Crippen molar-refractivity contribution in [3.05, 3.63) is 52.0 Å². The molecule has 0 spiro atoms. The first kappa shape index (κ1) is 22.4. The Bertz CT molecular complexity index is 1110. The number of sulfonamides is 1. The van der Waals surface area contributed by atoms with E-state index in [1.165, 1.54) is 18.2 Å². The molecule has 0 atom stereocenters. The molecule has 10 heteroatoms. The van der Waals surface area contributed by atoms with Gasteiger partial charge in [0.1, 0.15) is 6.54 Å². The second-order valence-electron chi connectivity index (χ2n) is 7.07. The Morgan fingerprint density at radius 3 is 2.47 bits per heavy atom. The van der Waals surface area contributed by atoms with Gasteiger partial charge in [-0.2, -0.15) is 0 Å². The predicted molar refractivity (Wildman–Crippen MR) is 120 cm³/mol. The summed E-state index contributed by atoms with van der Waals surface area (Å²) in [5.74, 6) is -0.434. The summed E-state index contributed by atoms with van der Waals surface area (Å²) < 4.78 is 25.4. The molecule has 1 heterocycles. The molecule has 1 aliphatic rings. The summed E-state index contributed by atoms with van der Waals surface area (Å²) in [7, 11) is -3.74. The highest BCUT2D eigenvalue weighted by Crippen LogP contribution is 2.29. The van der Waals surface area contributed by atoms with Crippen LogP contribution in [-0.2, 0) is 19.6 Å². The lowest BCUT2D eigenvalue weighted by atomic mass is 10.1. The third kappa shape index (κ3) is 5.06. The highest BCUT2D eigenvalue weighted by molar-refractivity contribution is 7.92. The molecule has 0 unspecified atom stereocenters. The molecule has 3 rings (SSSR count). The highest BCUT2D eigenvalue weighted by atomic mass is 35.5. The number of benzene rings is 2. The third-order valence-corrected chi connectivity index (χ3v) is 6.60. The number of rotatable bonds is 6. The van der Waals surface area contributed by atoms with Crippen molar-refractivity contribution >= 4 is 62.1 Å². The lowest BCUT2D eigenvalue weighted by Crippen LogP contribution is -2.37. The van der Waals surface area contributed by atoms with Gasteiger partial charge in [0.05, 0.1) is 22.0 Å². The van der Waals surface area contributed by atoms with E-state index in [1.807, 2.05) is 6.92 Å². The molecule has 0 aromatic heterocycles. The first-order chi connectivity index (χ1) is 14.1. The number of carbonyl (C=O) groups is 2. The lowest BCUT2D eigenvalue weighted by Gasteiger charge is -2.23. The van der Waals surface area contributed by atoms with Crippen LogP contribution in [0.5, 0.6) is 0 Å². The van der Waals surface area contributed by atoms with Crippen molar-refractivity contribution in [1.82, 2.24) is 0 Å². The van der Waals surface area contributed by atoms with Crippen molar-refractivity contribution in [1.29, 1.82) is 0 Å². The van der Waals surface area contributed by atoms with Crippen LogP contribution in [0.2, 0.25) is 10.0 Å². The number of nitrogens with zero attached hydrogens (tertiary/aromatic N) is 2. The van der Waals surface area contributed by atoms with Gasteiger partial charge in [0, 0.05) is 24.3 Å². The Hall–Kier alpha value is -2.29. The van der Waals surface area contributed by atoms with Gasteiger partial charge in [-0.15, -0.1) is 0 Å². The molecular formula is C20H21Cl2N3O4S. The number of hydrogen-bond acceptors (Lipinski definition) is 4. The van der Waals surface area contributed by atoms with Crippen molar-refractivity contribution in [3.63, 3.8) is 0 Å². The van der Waals surface area contributed by atoms with Crippen molar-refractivity contribution in [2.75, 3.05) is 33.9 Å². The van der Waals surface area contributed by atoms with Gasteiger partial charge in [-0.1, -0.05) is 23.2 Å². The first-order valence-corrected chi connectivity index (χ1v) is 11.8. The molecule has 2 aromatic rings. The molecule has 1 aliphatic heterocycles. The van der Waals surface area contributed by atoms with Crippen LogP contribution in [0.25, 0.3) is 0 Å². The van der Waals surface area contributed by atoms with Crippen molar-refractivity contribution in [3.8, 4) is 0 Å². The Morgan fingerprint density at radius 2 is 1.90 bits per heavy atom. The van der Waals surface area contributed by atoms with Crippen LogP contribution in [0, 0.1) is 6.92 Å². The van der Waals surface area contributed by atoms with Crippen LogP contribution < -0.4 is 14.5 Å². The molecule has 0 saturated carbocycles. The maximum absolute atomic E-state index is 12.6. The van der Waals surface area contributed by atoms with Crippen LogP contribution in [-0.4, -0.2) is 39.6 Å². The van der Waals surface area contributed by atoms with Gasteiger partial charge in [0.2, 0.25) is 21.8 Å². The highest BCUT2D eigenvalue weighted by Gasteiger charge is 2.24. The van der Waals surface area contributed by atoms with Crippen LogP contribution in [0.1, 0.15) is 18.4 Å². The van der Waals surface area contributed by atoms with Gasteiger partial charge in [0.25, 0.3) is 0 Å². The molecule has 1 N–H and O–H groups in total. The predicted octanol–water partition coefficient (Wildman–Crippen LogP) is 3.83. The number of aryl methyl sites for hydroxylation is 1. The number of nitrogens with one attached hydrogen (secondary N) is 1. The average molecular weight is 470 g/mol. The van der Waals surface area contributed by atoms with Gasteiger partial charge in [-0.3, -0.25) is 13.9 Å². The van der Waals surface area contributed by atoms with Gasteiger partial charge >= 0.3 is 0 Å². The summed E-state index contributed by atoms with van der Waals surface area (Å²) >= 11 is 11.9. The number of halogens is 2. The summed E-state index contributed by atoms with van der Waals surface area (Å²) in [5, 5.41) is 3.17. The van der Waals surface area contributed by atoms with E-state index in [0.717, 1.165) is 28.2 Å². The Labute approximate surface area is 185 Å². The Morgan fingerprint density at radius 1 is 1.17 bits per heavy atom. The van der Waals surface area contributed by atoms with Gasteiger partial charge in [0.15, 0.2) is 0 Å². The number of amides is 2. The molecule has 160 valence electrons. The smallest absolute Gasteiger partial charge is 0.245 e. The zero-order valence-corrected chi connectivity index (χ0v) is 18.8. The van der Waals surface area contributed by atoms with Gasteiger partial charge in [-0.05, 0) is 55.3 Å². The molecule has 2 aromatic carbocycles. The van der Waals surface area contributed by atoms with Gasteiger partial charge in [-0.25, -0.2) is 8.42 Å². The maximum atomic E-state index is 12.6. The molecule has 1 fully saturated rings. The minimum atomic E-state index is -3.74. The van der Waals surface area contributed by atoms with Crippen molar-refractivity contribution in [2.45, 2.75) is 19.8 Å². The summed E-state index contributed by atoms with van der Waals surface area (Å²) in [4.78, 5) is 26.3. The minimum absolute atomic E-state index is 0.0836. The van der Waals surface area contributed by atoms with Gasteiger partial charge < -0.3 is 10.2 Å². The molecular weight excluding hydrogens is 449 g/mol. The number of anilines is 3. The van der Waals surface area contributed by atoms with E-state index in [1.54, 1.807) is 23.1 Å². The SMILES string of the molecule is Cc1cc(NC(=O)CN(c2ccc(Cl)c(Cl)c2)S(C)(=O)=O)ccc1N1CCCC1=O. The van der Waals surface area contributed by atoms with E-state index in [2.05, 4.69) is 5.32 Å². The molecule has 7 nitrogen and oxygen atoms in total. The molecule has 1 saturated heterocycles. The normalized spacial score (nSPS) is 14.1. The lowest BCUT2D eigenvalue weighted by molar-refractivity contribution is -0.117. The van der Waals surface area contributed by atoms with Crippen LogP contribution >= 0.6 is 23.2 Å². The van der Waals surface area contributed by atoms with E-state index < -0.39 is 22.5 Å². The second-order valence-corrected chi connectivity index (χ2v) is 9.79. The second kappa shape index (κ2) is 8.83. The Kier molecular flexibility index (Phi) is 6.59. The molecule has 0 bridgehead atoms. The topological polar surface area (TPSA) is 86.8 Å². The summed E-state index contributed by atoms with van der Waals surface area (Å²) in [6.07, 6.45) is 2.37. The number of carbonyl (C=O) groups excluding carboxylic acids is 2. The van der Waals surface area contributed by atoms with Crippen LogP contribution in [0.4, 0.5) is 17.1 Å². The zero-order chi connectivity index (χ0) is 22.1. The maximum Gasteiger partial charge on any atom is 0.245 e. The Balaban J connectivity index is 1.76. The fraction of sp³-hybridized carbons (Fsp3) is 0.300. The standard InChI is InChI=1S/C20H21Cl2N3O4S/c1-13-10-14(5-8-18(13)24-9-3-4-20(24)27)23-19(26)12-25(30(2,28)29)15-6-7-16(21)17(22)11-15/h5-8,10-11H,3-4,9,12H2,1-2H3,(H,23,26). The largest absolute Gasteiger partial charge is 0.325 e. The van der Waals surface area contributed by atoms with Crippen molar-refractivity contribution in [2.24, 2.45) is 0 Å². The molecule has 30 heavy (non-hydrogen) atoms. The summed E-state index contributed by atoms with van der Waals surface area (Å²) in [5.41, 5.74) is 2.40. The first-order valence-electron chi connectivity index (χ1n) is 9.20. The summed E-state index contributed by atoms with van der Waals surface area (Å²) in [6.45, 7) is 2.11. The molecule has 0 aliphatic carbocycles. The van der Waals surface area contributed by atoms with Crippen LogP contribution in [0.3, 0.4) is 0 Å². The van der Waals surface area contributed by atoms with E-state index in [0.29, 0.717) is 18.7 Å². The van der Waals surface area contributed by atoms with E-state index in [4.69, 9.17) is 23.2 Å². The zero-order valence-electron chi connectivity index (χ0n) is 16.5. The summed E-state index contributed by atoms with van der Waals surface area (Å²) in [6, 6.07) is 9.57. The van der Waals surface area contributed by atoms with E-state index in [-0.39, 0.29) is 21.6 Å². The monoisotopic (exact) mass is 469 g/mol. The van der Waals surface area contributed by atoms with E-state index >= 15 is 0 Å². The minimum Gasteiger partial charge on any atom is -0.325 e. The van der Waals surface area contributed by atoms with Crippen molar-refractivity contribution < 1.29 is 18.0 Å². The average Bonchev–Trinajstić information content (AvgIpc) is 3.07. The molecule has 0 radical (unpaired) electrons. The van der Waals surface area contributed by atoms with Crippen LogP contribution in [0.15, 0.2) is 36.4 Å². The fourth-order valence-electron chi connectivity index (χ4n) is 3.31. The quantitative estimate of drug-likeness (QED) is 0.695. The number of hydrogen-bond donors (Lipinski definition) is 1. The third-order valence-electron chi connectivity index (χ3n) is 4.72.